The highest BCUT2D eigenvalue weighted by molar-refractivity contribution is 6.03. The first-order chi connectivity index (χ1) is 13.7. The van der Waals surface area contributed by atoms with Crippen molar-refractivity contribution < 1.29 is 27.2 Å². The van der Waals surface area contributed by atoms with Gasteiger partial charge in [-0.2, -0.15) is 13.2 Å². The highest BCUT2D eigenvalue weighted by Gasteiger charge is 2.30. The van der Waals surface area contributed by atoms with Gasteiger partial charge in [0.25, 0.3) is 5.91 Å². The van der Waals surface area contributed by atoms with E-state index >= 15 is 0 Å². The van der Waals surface area contributed by atoms with E-state index < -0.39 is 17.6 Å². The molecule has 1 amide bonds. The first-order valence-corrected chi connectivity index (χ1v) is 8.79. The Kier molecular flexibility index (Phi) is 5.63. The number of hydrogen-bond acceptors (Lipinski definition) is 4. The fourth-order valence-corrected chi connectivity index (χ4v) is 2.73. The van der Waals surface area contributed by atoms with Gasteiger partial charge in [0.15, 0.2) is 5.69 Å². The summed E-state index contributed by atoms with van der Waals surface area (Å²) in [4.78, 5) is 12.6. The number of amides is 1. The van der Waals surface area contributed by atoms with Gasteiger partial charge in [-0.1, -0.05) is 23.4 Å². The van der Waals surface area contributed by atoms with Crippen molar-refractivity contribution in [2.24, 2.45) is 0 Å². The summed E-state index contributed by atoms with van der Waals surface area (Å²) in [6, 6.07) is 10.0. The summed E-state index contributed by atoms with van der Waals surface area (Å²) < 4.78 is 49.5. The minimum atomic E-state index is -4.50. The van der Waals surface area contributed by atoms with Crippen molar-refractivity contribution >= 4 is 11.6 Å². The smallest absolute Gasteiger partial charge is 0.416 e. The molecule has 29 heavy (non-hydrogen) atoms. The van der Waals surface area contributed by atoms with Crippen molar-refractivity contribution in [2.45, 2.75) is 33.6 Å². The fraction of sp³-hybridized carbons (Fsp3) is 0.238. The quantitative estimate of drug-likeness (QED) is 0.614. The average molecular weight is 404 g/mol. The van der Waals surface area contributed by atoms with Crippen LogP contribution in [0.5, 0.6) is 5.75 Å². The molecule has 0 radical (unpaired) electrons. The van der Waals surface area contributed by atoms with Crippen LogP contribution in [0.2, 0.25) is 0 Å². The lowest BCUT2D eigenvalue weighted by Gasteiger charge is -2.11. The van der Waals surface area contributed by atoms with Gasteiger partial charge in [-0.3, -0.25) is 4.79 Å². The summed E-state index contributed by atoms with van der Waals surface area (Å²) in [5.41, 5.74) is 1.57. The normalized spacial score (nSPS) is 11.4. The van der Waals surface area contributed by atoms with Crippen LogP contribution in [0.25, 0.3) is 0 Å². The minimum absolute atomic E-state index is 0.00637. The number of carbonyl (C=O) groups is 1. The monoisotopic (exact) mass is 404 g/mol. The van der Waals surface area contributed by atoms with Crippen LogP contribution in [0.4, 0.5) is 18.9 Å². The van der Waals surface area contributed by atoms with Crippen LogP contribution < -0.4 is 10.1 Å². The van der Waals surface area contributed by atoms with Crippen molar-refractivity contribution in [1.82, 2.24) is 5.16 Å². The molecule has 0 spiro atoms. The molecule has 3 aromatic rings. The van der Waals surface area contributed by atoms with Gasteiger partial charge in [0, 0.05) is 5.69 Å². The molecule has 0 aliphatic heterocycles. The topological polar surface area (TPSA) is 64.4 Å². The highest BCUT2D eigenvalue weighted by atomic mass is 19.4. The molecular weight excluding hydrogens is 385 g/mol. The number of aryl methyl sites for hydroxylation is 2. The van der Waals surface area contributed by atoms with Crippen LogP contribution >= 0.6 is 0 Å². The lowest BCUT2D eigenvalue weighted by molar-refractivity contribution is -0.137. The van der Waals surface area contributed by atoms with Crippen molar-refractivity contribution in [2.75, 3.05) is 5.32 Å². The first-order valence-electron chi connectivity index (χ1n) is 8.79. The summed E-state index contributed by atoms with van der Waals surface area (Å²) in [6.45, 7) is 5.55. The molecule has 1 aromatic heterocycles. The Morgan fingerprint density at radius 3 is 2.59 bits per heavy atom. The van der Waals surface area contributed by atoms with E-state index in [4.69, 9.17) is 9.26 Å². The average Bonchev–Trinajstić information content (AvgIpc) is 3.03. The first kappa shape index (κ1) is 20.4. The van der Waals surface area contributed by atoms with Crippen molar-refractivity contribution in [3.8, 4) is 5.75 Å². The predicted molar refractivity (Wildman–Crippen MR) is 101 cm³/mol. The Hall–Kier alpha value is -3.29. The summed E-state index contributed by atoms with van der Waals surface area (Å²) in [6.07, 6.45) is -4.50. The standard InChI is InChI=1S/C21H19F3N2O3/c1-12-6-4-9-18(13(12)2)28-11-17-14(3)29-26-19(17)20(27)25-16-8-5-7-15(10-16)21(22,23)24/h4-10H,11H2,1-3H3,(H,25,27). The molecule has 2 aromatic carbocycles. The number of halogens is 3. The zero-order chi connectivity index (χ0) is 21.2. The molecule has 3 rings (SSSR count). The van der Waals surface area contributed by atoms with Crippen LogP contribution in [0.3, 0.4) is 0 Å². The van der Waals surface area contributed by atoms with E-state index in [9.17, 15) is 18.0 Å². The molecule has 1 heterocycles. The number of benzene rings is 2. The van der Waals surface area contributed by atoms with E-state index in [0.29, 0.717) is 17.1 Å². The van der Waals surface area contributed by atoms with Gasteiger partial charge < -0.3 is 14.6 Å². The molecule has 0 bridgehead atoms. The molecule has 0 fully saturated rings. The number of ether oxygens (including phenoxy) is 1. The maximum atomic E-state index is 12.9. The Morgan fingerprint density at radius 1 is 1.14 bits per heavy atom. The number of alkyl halides is 3. The van der Waals surface area contributed by atoms with Crippen LogP contribution in [0, 0.1) is 20.8 Å². The van der Waals surface area contributed by atoms with E-state index in [1.54, 1.807) is 6.92 Å². The fourth-order valence-electron chi connectivity index (χ4n) is 2.73. The maximum absolute atomic E-state index is 12.9. The van der Waals surface area contributed by atoms with E-state index in [1.165, 1.54) is 12.1 Å². The molecule has 0 saturated heterocycles. The van der Waals surface area contributed by atoms with Crippen LogP contribution in [-0.2, 0) is 12.8 Å². The van der Waals surface area contributed by atoms with E-state index in [-0.39, 0.29) is 18.0 Å². The number of anilines is 1. The zero-order valence-electron chi connectivity index (χ0n) is 16.1. The van der Waals surface area contributed by atoms with Gasteiger partial charge in [-0.15, -0.1) is 0 Å². The van der Waals surface area contributed by atoms with Crippen molar-refractivity contribution in [3.05, 3.63) is 76.2 Å². The molecule has 0 saturated carbocycles. The van der Waals surface area contributed by atoms with Gasteiger partial charge in [-0.25, -0.2) is 0 Å². The number of nitrogens with one attached hydrogen (secondary N) is 1. The second-order valence-corrected chi connectivity index (χ2v) is 6.59. The molecule has 8 heteroatoms. The number of aromatic nitrogens is 1. The molecule has 5 nitrogen and oxygen atoms in total. The van der Waals surface area contributed by atoms with Crippen LogP contribution in [-0.4, -0.2) is 11.1 Å². The Morgan fingerprint density at radius 2 is 1.86 bits per heavy atom. The van der Waals surface area contributed by atoms with Gasteiger partial charge in [0.05, 0.1) is 11.1 Å². The maximum Gasteiger partial charge on any atom is 0.416 e. The molecular formula is C21H19F3N2O3. The molecule has 152 valence electrons. The minimum Gasteiger partial charge on any atom is -0.488 e. The lowest BCUT2D eigenvalue weighted by Crippen LogP contribution is -2.16. The third-order valence-corrected chi connectivity index (χ3v) is 4.57. The van der Waals surface area contributed by atoms with Crippen molar-refractivity contribution in [3.63, 3.8) is 0 Å². The number of carbonyl (C=O) groups excluding carboxylic acids is 1. The van der Waals surface area contributed by atoms with Crippen molar-refractivity contribution in [1.29, 1.82) is 0 Å². The molecule has 0 atom stereocenters. The van der Waals surface area contributed by atoms with E-state index in [0.717, 1.165) is 23.3 Å². The summed E-state index contributed by atoms with van der Waals surface area (Å²) in [5.74, 6) is 0.375. The number of rotatable bonds is 5. The third-order valence-electron chi connectivity index (χ3n) is 4.57. The Bertz CT molecular complexity index is 1040. The summed E-state index contributed by atoms with van der Waals surface area (Å²) in [5, 5.41) is 6.17. The summed E-state index contributed by atoms with van der Waals surface area (Å²) in [7, 11) is 0. The molecule has 0 aliphatic rings. The predicted octanol–water partition coefficient (Wildman–Crippen LogP) is 5.45. The highest BCUT2D eigenvalue weighted by Crippen LogP contribution is 2.31. The number of hydrogen-bond donors (Lipinski definition) is 1. The lowest BCUT2D eigenvalue weighted by atomic mass is 10.1. The van der Waals surface area contributed by atoms with Crippen LogP contribution in [0.15, 0.2) is 47.0 Å². The Balaban J connectivity index is 1.78. The SMILES string of the molecule is Cc1cccc(OCc2c(C(=O)Nc3cccc(C(F)(F)F)c3)noc2C)c1C. The number of nitrogens with zero attached hydrogens (tertiary/aromatic N) is 1. The van der Waals surface area contributed by atoms with E-state index in [1.807, 2.05) is 32.0 Å². The summed E-state index contributed by atoms with van der Waals surface area (Å²) >= 11 is 0. The zero-order valence-corrected chi connectivity index (χ0v) is 16.1. The third kappa shape index (κ3) is 4.59. The van der Waals surface area contributed by atoms with Crippen LogP contribution in [0.1, 0.15) is 38.5 Å². The molecule has 0 unspecified atom stereocenters. The van der Waals surface area contributed by atoms with Gasteiger partial charge in [0.2, 0.25) is 0 Å². The Labute approximate surface area is 165 Å². The largest absolute Gasteiger partial charge is 0.488 e. The second kappa shape index (κ2) is 7.98. The van der Waals surface area contributed by atoms with Gasteiger partial charge in [-0.05, 0) is 56.2 Å². The molecule has 1 N–H and O–H groups in total. The van der Waals surface area contributed by atoms with Gasteiger partial charge >= 0.3 is 6.18 Å². The second-order valence-electron chi connectivity index (χ2n) is 6.59. The molecule has 0 aliphatic carbocycles. The van der Waals surface area contributed by atoms with E-state index in [2.05, 4.69) is 10.5 Å². The van der Waals surface area contributed by atoms with Gasteiger partial charge in [0.1, 0.15) is 18.1 Å².